The van der Waals surface area contributed by atoms with E-state index in [-0.39, 0.29) is 0 Å². The summed E-state index contributed by atoms with van der Waals surface area (Å²) in [5.41, 5.74) is 1.03. The van der Waals surface area contributed by atoms with Gasteiger partial charge in [-0.25, -0.2) is 0 Å². The Morgan fingerprint density at radius 3 is 2.77 bits per heavy atom. The molecule has 1 aromatic rings. The smallest absolute Gasteiger partial charge is 0.237 e. The van der Waals surface area contributed by atoms with Gasteiger partial charge in [-0.3, -0.25) is 5.21 Å². The van der Waals surface area contributed by atoms with E-state index in [9.17, 15) is 5.21 Å². The minimum absolute atomic E-state index is 0.507. The van der Waals surface area contributed by atoms with Crippen molar-refractivity contribution in [2.45, 2.75) is 18.8 Å². The second kappa shape index (κ2) is 3.75. The maximum absolute atomic E-state index is 9.56. The molecule has 0 aromatic carbocycles. The van der Waals surface area contributed by atoms with Gasteiger partial charge in [0.25, 0.3) is 0 Å². The molecule has 3 heteroatoms. The van der Waals surface area contributed by atoms with Crippen LogP contribution in [0.3, 0.4) is 0 Å². The van der Waals surface area contributed by atoms with E-state index in [0.717, 1.165) is 31.6 Å². The number of rotatable bonds is 1. The van der Waals surface area contributed by atoms with Crippen LogP contribution >= 0.6 is 0 Å². The first-order valence-electron chi connectivity index (χ1n) is 4.78. The summed E-state index contributed by atoms with van der Waals surface area (Å²) < 4.78 is 1.25. The van der Waals surface area contributed by atoms with E-state index in [1.807, 2.05) is 18.2 Å². The molecule has 0 saturated carbocycles. The third-order valence-corrected chi connectivity index (χ3v) is 2.63. The molecule has 13 heavy (non-hydrogen) atoms. The molecule has 0 aliphatic carbocycles. The lowest BCUT2D eigenvalue weighted by atomic mass is 9.94. The fraction of sp³-hybridized carbons (Fsp3) is 0.500. The molecule has 2 heterocycles. The highest BCUT2D eigenvalue weighted by atomic mass is 16.5. The second-order valence-electron chi connectivity index (χ2n) is 3.49. The zero-order chi connectivity index (χ0) is 9.10. The molecule has 3 nitrogen and oxygen atoms in total. The third-order valence-electron chi connectivity index (χ3n) is 2.63. The van der Waals surface area contributed by atoms with Gasteiger partial charge in [-0.2, -0.15) is 0 Å². The number of nitrogens with zero attached hydrogens (tertiary/aromatic N) is 1. The van der Waals surface area contributed by atoms with E-state index in [2.05, 4.69) is 5.32 Å². The van der Waals surface area contributed by atoms with Crippen LogP contribution in [0.5, 0.6) is 0 Å². The highest BCUT2D eigenvalue weighted by Gasteiger charge is 2.23. The van der Waals surface area contributed by atoms with Crippen molar-refractivity contribution in [2.24, 2.45) is 0 Å². The summed E-state index contributed by atoms with van der Waals surface area (Å²) >= 11 is 0. The van der Waals surface area contributed by atoms with Crippen molar-refractivity contribution < 1.29 is 9.94 Å². The van der Waals surface area contributed by atoms with Crippen molar-refractivity contribution in [3.8, 4) is 0 Å². The Morgan fingerprint density at radius 2 is 2.08 bits per heavy atom. The average molecular weight is 179 g/mol. The number of aromatic nitrogens is 1. The molecule has 1 aliphatic heterocycles. The Morgan fingerprint density at radius 1 is 1.31 bits per heavy atom. The Hall–Kier alpha value is -1.09. The largest absolute Gasteiger partial charge is 0.317 e. The van der Waals surface area contributed by atoms with Crippen LogP contribution in [0, 0.1) is 0 Å². The zero-order valence-electron chi connectivity index (χ0n) is 7.61. The zero-order valence-corrected chi connectivity index (χ0v) is 7.61. The summed E-state index contributed by atoms with van der Waals surface area (Å²) in [6.45, 7) is 2.11. The first-order chi connectivity index (χ1) is 6.38. The summed E-state index contributed by atoms with van der Waals surface area (Å²) in [4.78, 5) is 0. The fourth-order valence-corrected chi connectivity index (χ4v) is 1.89. The summed E-state index contributed by atoms with van der Waals surface area (Å²) in [7, 11) is 0. The Kier molecular flexibility index (Phi) is 2.45. The van der Waals surface area contributed by atoms with E-state index < -0.39 is 0 Å². The SMILES string of the molecule is O[n+]1ccccc1C1CCNCC1. The molecule has 2 rings (SSSR count). The Bertz CT molecular complexity index is 282. The van der Waals surface area contributed by atoms with E-state index in [1.54, 1.807) is 6.20 Å². The topological polar surface area (TPSA) is 36.1 Å². The van der Waals surface area contributed by atoms with Gasteiger partial charge in [-0.05, 0) is 32.0 Å². The summed E-state index contributed by atoms with van der Waals surface area (Å²) in [5.74, 6) is 0.507. The van der Waals surface area contributed by atoms with Crippen LogP contribution in [-0.2, 0) is 0 Å². The first kappa shape index (κ1) is 8.51. The molecular formula is C10H15N2O+. The van der Waals surface area contributed by atoms with Gasteiger partial charge in [0.05, 0.1) is 5.92 Å². The van der Waals surface area contributed by atoms with Crippen LogP contribution in [0.2, 0.25) is 0 Å². The summed E-state index contributed by atoms with van der Waals surface area (Å²) in [6.07, 6.45) is 3.92. The first-order valence-corrected chi connectivity index (χ1v) is 4.78. The van der Waals surface area contributed by atoms with Gasteiger partial charge in [-0.15, -0.1) is 0 Å². The molecule has 0 bridgehead atoms. The van der Waals surface area contributed by atoms with Crippen molar-refractivity contribution in [1.82, 2.24) is 5.32 Å². The Balaban J connectivity index is 2.18. The van der Waals surface area contributed by atoms with Gasteiger partial charge in [0, 0.05) is 16.9 Å². The van der Waals surface area contributed by atoms with Gasteiger partial charge in [0.2, 0.25) is 11.9 Å². The third kappa shape index (κ3) is 1.80. The molecule has 0 radical (unpaired) electrons. The van der Waals surface area contributed by atoms with Gasteiger partial charge < -0.3 is 5.32 Å². The minimum Gasteiger partial charge on any atom is -0.317 e. The minimum atomic E-state index is 0.507. The fourth-order valence-electron chi connectivity index (χ4n) is 1.89. The predicted molar refractivity (Wildman–Crippen MR) is 48.7 cm³/mol. The number of piperidine rings is 1. The molecule has 70 valence electrons. The highest BCUT2D eigenvalue weighted by molar-refractivity contribution is 5.04. The number of pyridine rings is 1. The molecule has 1 fully saturated rings. The van der Waals surface area contributed by atoms with Crippen molar-refractivity contribution >= 4 is 0 Å². The van der Waals surface area contributed by atoms with E-state index in [0.29, 0.717) is 5.92 Å². The van der Waals surface area contributed by atoms with E-state index in [1.165, 1.54) is 4.73 Å². The van der Waals surface area contributed by atoms with Crippen molar-refractivity contribution in [3.63, 3.8) is 0 Å². The molecular weight excluding hydrogens is 164 g/mol. The molecule has 0 unspecified atom stereocenters. The summed E-state index contributed by atoms with van der Waals surface area (Å²) in [6, 6.07) is 5.81. The number of nitrogens with one attached hydrogen (secondary N) is 1. The lowest BCUT2D eigenvalue weighted by molar-refractivity contribution is -0.910. The van der Waals surface area contributed by atoms with Gasteiger partial charge in [0.1, 0.15) is 0 Å². The predicted octanol–water partition coefficient (Wildman–Crippen LogP) is 0.678. The van der Waals surface area contributed by atoms with Gasteiger partial charge in [0.15, 0.2) is 0 Å². The monoisotopic (exact) mass is 179 g/mol. The Labute approximate surface area is 78.0 Å². The van der Waals surface area contributed by atoms with Gasteiger partial charge >= 0.3 is 0 Å². The van der Waals surface area contributed by atoms with Crippen LogP contribution in [0.25, 0.3) is 0 Å². The van der Waals surface area contributed by atoms with E-state index in [4.69, 9.17) is 0 Å². The quantitative estimate of drug-likeness (QED) is 0.491. The van der Waals surface area contributed by atoms with Crippen LogP contribution in [0.4, 0.5) is 0 Å². The van der Waals surface area contributed by atoms with E-state index >= 15 is 0 Å². The molecule has 0 atom stereocenters. The van der Waals surface area contributed by atoms with Crippen LogP contribution < -0.4 is 10.0 Å². The average Bonchev–Trinajstić information content (AvgIpc) is 2.20. The molecule has 1 aliphatic rings. The normalized spacial score (nSPS) is 18.8. The maximum atomic E-state index is 9.56. The molecule has 1 saturated heterocycles. The second-order valence-corrected chi connectivity index (χ2v) is 3.49. The number of hydrogen-bond acceptors (Lipinski definition) is 2. The highest BCUT2D eigenvalue weighted by Crippen LogP contribution is 2.21. The molecule has 2 N–H and O–H groups in total. The lowest BCUT2D eigenvalue weighted by Gasteiger charge is -2.19. The molecule has 0 spiro atoms. The summed E-state index contributed by atoms with van der Waals surface area (Å²) in [5, 5.41) is 12.9. The molecule has 1 aromatic heterocycles. The van der Waals surface area contributed by atoms with Crippen LogP contribution in [0.1, 0.15) is 24.5 Å². The standard InChI is InChI=1S/C10H15N2O/c13-12-8-2-1-3-10(12)9-4-6-11-7-5-9/h1-3,8-9,11,13H,4-7H2/q+1. The van der Waals surface area contributed by atoms with Crippen molar-refractivity contribution in [3.05, 3.63) is 30.1 Å². The molecule has 0 amide bonds. The number of hydrogen-bond donors (Lipinski definition) is 2. The lowest BCUT2D eigenvalue weighted by Crippen LogP contribution is -2.39. The van der Waals surface area contributed by atoms with Crippen molar-refractivity contribution in [2.75, 3.05) is 13.1 Å². The van der Waals surface area contributed by atoms with Crippen molar-refractivity contribution in [1.29, 1.82) is 0 Å². The maximum Gasteiger partial charge on any atom is 0.237 e. The van der Waals surface area contributed by atoms with Gasteiger partial charge in [-0.1, -0.05) is 0 Å². The van der Waals surface area contributed by atoms with Crippen LogP contribution in [-0.4, -0.2) is 18.3 Å². The van der Waals surface area contributed by atoms with Crippen LogP contribution in [0.15, 0.2) is 24.4 Å².